The van der Waals surface area contributed by atoms with Crippen molar-refractivity contribution in [1.82, 2.24) is 0 Å². The topological polar surface area (TPSA) is 55.3 Å². The highest BCUT2D eigenvalue weighted by atomic mass is 15.1. The first-order valence-electron chi connectivity index (χ1n) is 5.61. The van der Waals surface area contributed by atoms with Crippen LogP contribution < -0.4 is 16.4 Å². The molecule has 0 aliphatic carbocycles. The lowest BCUT2D eigenvalue weighted by atomic mass is 9.87. The Morgan fingerprint density at radius 3 is 2.12 bits per heavy atom. The molecule has 0 aliphatic rings. The predicted molar refractivity (Wildman–Crippen MR) is 72.6 cm³/mol. The van der Waals surface area contributed by atoms with Gasteiger partial charge >= 0.3 is 0 Å². The summed E-state index contributed by atoms with van der Waals surface area (Å²) in [5.74, 6) is 0. The van der Waals surface area contributed by atoms with Crippen LogP contribution in [0.5, 0.6) is 0 Å². The van der Waals surface area contributed by atoms with Crippen LogP contribution in [-0.4, -0.2) is 13.1 Å². The summed E-state index contributed by atoms with van der Waals surface area (Å²) >= 11 is 0. The molecule has 1 unspecified atom stereocenters. The van der Waals surface area contributed by atoms with Crippen LogP contribution in [0.4, 0.5) is 17.1 Å². The summed E-state index contributed by atoms with van der Waals surface area (Å²) in [6.45, 7) is 8.91. The van der Waals surface area contributed by atoms with E-state index in [0.717, 1.165) is 5.69 Å². The fourth-order valence-corrected chi connectivity index (χ4v) is 1.59. The van der Waals surface area contributed by atoms with Gasteiger partial charge in [-0.25, -0.2) is 0 Å². The third-order valence-corrected chi connectivity index (χ3v) is 3.31. The Hall–Kier alpha value is -1.38. The van der Waals surface area contributed by atoms with Gasteiger partial charge in [0.25, 0.3) is 0 Å². The molecule has 16 heavy (non-hydrogen) atoms. The van der Waals surface area contributed by atoms with Gasteiger partial charge in [0.2, 0.25) is 0 Å². The average molecular weight is 221 g/mol. The summed E-state index contributed by atoms with van der Waals surface area (Å²) in [6.07, 6.45) is 0. The second-order valence-electron chi connectivity index (χ2n) is 5.47. The Labute approximate surface area is 98.4 Å². The number of nitrogens with two attached hydrogens (primary N) is 2. The lowest BCUT2D eigenvalue weighted by Gasteiger charge is -2.37. The van der Waals surface area contributed by atoms with Gasteiger partial charge in [-0.1, -0.05) is 20.8 Å². The number of nitrogen functional groups attached to an aromatic ring is 2. The van der Waals surface area contributed by atoms with Gasteiger partial charge in [-0.15, -0.1) is 0 Å². The summed E-state index contributed by atoms with van der Waals surface area (Å²) < 4.78 is 0. The Morgan fingerprint density at radius 2 is 1.69 bits per heavy atom. The number of hydrogen-bond donors (Lipinski definition) is 2. The summed E-state index contributed by atoms with van der Waals surface area (Å²) in [7, 11) is 2.08. The number of rotatable bonds is 2. The molecule has 0 fully saturated rings. The molecular formula is C13H23N3. The molecule has 0 aromatic heterocycles. The molecule has 1 aromatic carbocycles. The Morgan fingerprint density at radius 1 is 1.12 bits per heavy atom. The van der Waals surface area contributed by atoms with Crippen molar-refractivity contribution >= 4 is 17.1 Å². The van der Waals surface area contributed by atoms with E-state index in [1.54, 1.807) is 0 Å². The van der Waals surface area contributed by atoms with E-state index in [0.29, 0.717) is 17.4 Å². The van der Waals surface area contributed by atoms with E-state index in [-0.39, 0.29) is 5.41 Å². The molecule has 1 atom stereocenters. The molecular weight excluding hydrogens is 198 g/mol. The van der Waals surface area contributed by atoms with Gasteiger partial charge in [-0.2, -0.15) is 0 Å². The summed E-state index contributed by atoms with van der Waals surface area (Å²) in [4.78, 5) is 2.23. The van der Waals surface area contributed by atoms with Crippen LogP contribution in [0, 0.1) is 5.41 Å². The van der Waals surface area contributed by atoms with Crippen molar-refractivity contribution in [2.75, 3.05) is 23.4 Å². The first-order chi connectivity index (χ1) is 7.23. The van der Waals surface area contributed by atoms with Crippen molar-refractivity contribution in [1.29, 1.82) is 0 Å². The first kappa shape index (κ1) is 12.7. The van der Waals surface area contributed by atoms with Crippen molar-refractivity contribution in [2.45, 2.75) is 33.7 Å². The Bertz CT molecular complexity index is 366. The molecule has 3 heteroatoms. The van der Waals surface area contributed by atoms with Crippen LogP contribution >= 0.6 is 0 Å². The Kier molecular flexibility index (Phi) is 3.36. The minimum Gasteiger partial charge on any atom is -0.397 e. The van der Waals surface area contributed by atoms with Crippen LogP contribution in [0.1, 0.15) is 27.7 Å². The quantitative estimate of drug-likeness (QED) is 0.755. The third kappa shape index (κ3) is 2.60. The van der Waals surface area contributed by atoms with E-state index in [4.69, 9.17) is 11.5 Å². The van der Waals surface area contributed by atoms with Crippen LogP contribution in [0.3, 0.4) is 0 Å². The normalized spacial score (nSPS) is 13.6. The molecule has 1 rings (SSSR count). The maximum Gasteiger partial charge on any atom is 0.0568 e. The van der Waals surface area contributed by atoms with E-state index >= 15 is 0 Å². The molecule has 0 spiro atoms. The van der Waals surface area contributed by atoms with Crippen LogP contribution in [0.15, 0.2) is 18.2 Å². The van der Waals surface area contributed by atoms with Crippen molar-refractivity contribution in [3.8, 4) is 0 Å². The largest absolute Gasteiger partial charge is 0.397 e. The van der Waals surface area contributed by atoms with Gasteiger partial charge in [0, 0.05) is 18.8 Å². The highest BCUT2D eigenvalue weighted by molar-refractivity contribution is 5.69. The number of hydrogen-bond acceptors (Lipinski definition) is 3. The minimum absolute atomic E-state index is 0.227. The zero-order valence-corrected chi connectivity index (χ0v) is 10.9. The second kappa shape index (κ2) is 4.24. The molecule has 0 saturated carbocycles. The third-order valence-electron chi connectivity index (χ3n) is 3.31. The molecule has 0 amide bonds. The van der Waals surface area contributed by atoms with Gasteiger partial charge in [0.15, 0.2) is 0 Å². The highest BCUT2D eigenvalue weighted by Crippen LogP contribution is 2.29. The van der Waals surface area contributed by atoms with Gasteiger partial charge < -0.3 is 16.4 Å². The maximum absolute atomic E-state index is 5.82. The number of nitrogens with zero attached hydrogens (tertiary/aromatic N) is 1. The smallest absolute Gasteiger partial charge is 0.0568 e. The van der Waals surface area contributed by atoms with Crippen molar-refractivity contribution in [3.05, 3.63) is 18.2 Å². The monoisotopic (exact) mass is 221 g/mol. The van der Waals surface area contributed by atoms with E-state index in [1.807, 2.05) is 18.2 Å². The predicted octanol–water partition coefficient (Wildman–Crippen LogP) is 2.72. The average Bonchev–Trinajstić information content (AvgIpc) is 2.18. The van der Waals surface area contributed by atoms with Crippen molar-refractivity contribution < 1.29 is 0 Å². The van der Waals surface area contributed by atoms with Gasteiger partial charge in [0.05, 0.1) is 11.4 Å². The summed E-state index contributed by atoms with van der Waals surface area (Å²) in [5.41, 5.74) is 14.1. The fourth-order valence-electron chi connectivity index (χ4n) is 1.59. The zero-order chi connectivity index (χ0) is 12.5. The van der Waals surface area contributed by atoms with Crippen molar-refractivity contribution in [2.24, 2.45) is 5.41 Å². The molecule has 0 saturated heterocycles. The molecule has 0 heterocycles. The van der Waals surface area contributed by atoms with Crippen LogP contribution in [0.25, 0.3) is 0 Å². The second-order valence-corrected chi connectivity index (χ2v) is 5.47. The first-order valence-corrected chi connectivity index (χ1v) is 5.61. The molecule has 0 aliphatic heterocycles. The van der Waals surface area contributed by atoms with E-state index < -0.39 is 0 Å². The molecule has 0 bridgehead atoms. The number of anilines is 3. The van der Waals surface area contributed by atoms with E-state index in [9.17, 15) is 0 Å². The molecule has 1 aromatic rings. The van der Waals surface area contributed by atoms with Crippen molar-refractivity contribution in [3.63, 3.8) is 0 Å². The number of benzene rings is 1. The van der Waals surface area contributed by atoms with E-state index in [1.165, 1.54) is 0 Å². The van der Waals surface area contributed by atoms with Gasteiger partial charge in [0.1, 0.15) is 0 Å². The van der Waals surface area contributed by atoms with Crippen LogP contribution in [0.2, 0.25) is 0 Å². The minimum atomic E-state index is 0.227. The van der Waals surface area contributed by atoms with Gasteiger partial charge in [-0.3, -0.25) is 0 Å². The molecule has 3 nitrogen and oxygen atoms in total. The maximum atomic E-state index is 5.82. The highest BCUT2D eigenvalue weighted by Gasteiger charge is 2.24. The summed E-state index contributed by atoms with van der Waals surface area (Å²) in [6, 6.07) is 6.22. The summed E-state index contributed by atoms with van der Waals surface area (Å²) in [5, 5.41) is 0. The van der Waals surface area contributed by atoms with Crippen LogP contribution in [-0.2, 0) is 0 Å². The molecule has 90 valence electrons. The van der Waals surface area contributed by atoms with E-state index in [2.05, 4.69) is 39.6 Å². The lowest BCUT2D eigenvalue weighted by Crippen LogP contribution is -2.39. The van der Waals surface area contributed by atoms with Gasteiger partial charge in [-0.05, 0) is 30.5 Å². The molecule has 0 radical (unpaired) electrons. The lowest BCUT2D eigenvalue weighted by molar-refractivity contribution is 0.330. The zero-order valence-electron chi connectivity index (χ0n) is 10.9. The molecule has 4 N–H and O–H groups in total. The Balaban J connectivity index is 2.97. The SMILES string of the molecule is CC(N(C)c1ccc(N)c(N)c1)C(C)(C)C. The fraction of sp³-hybridized carbons (Fsp3) is 0.538. The standard InChI is InChI=1S/C13H23N3/c1-9(13(2,3)4)16(5)10-6-7-11(14)12(15)8-10/h6-9H,14-15H2,1-5H3.